The lowest BCUT2D eigenvalue weighted by Crippen LogP contribution is -2.42. The predicted octanol–water partition coefficient (Wildman–Crippen LogP) is 2.31. The van der Waals surface area contributed by atoms with Gasteiger partial charge in [-0.2, -0.15) is 17.0 Å². The van der Waals surface area contributed by atoms with Gasteiger partial charge in [-0.25, -0.2) is 0 Å². The van der Waals surface area contributed by atoms with Crippen LogP contribution in [0.2, 0.25) is 0 Å². The molecule has 1 aromatic carbocycles. The van der Waals surface area contributed by atoms with E-state index in [4.69, 9.17) is 4.98 Å². The van der Waals surface area contributed by atoms with Gasteiger partial charge >= 0.3 is 0 Å². The molecule has 1 aromatic heterocycles. The van der Waals surface area contributed by atoms with Crippen LogP contribution in [0.3, 0.4) is 0 Å². The molecule has 7 nitrogen and oxygen atoms in total. The molecule has 0 spiro atoms. The monoisotopic (exact) mass is 404 g/mol. The van der Waals surface area contributed by atoms with Crippen LogP contribution in [0, 0.1) is 0 Å². The summed E-state index contributed by atoms with van der Waals surface area (Å²) < 4.78 is 28.7. The molecule has 1 aliphatic rings. The number of para-hydroxylation sites is 1. The highest BCUT2D eigenvalue weighted by molar-refractivity contribution is 7.86. The molecule has 2 heterocycles. The number of carbonyl (C=O) groups is 1. The van der Waals surface area contributed by atoms with Crippen molar-refractivity contribution in [3.05, 3.63) is 41.6 Å². The summed E-state index contributed by atoms with van der Waals surface area (Å²) in [6.07, 6.45) is 0.696. The highest BCUT2D eigenvalue weighted by Crippen LogP contribution is 2.31. The first-order valence-corrected chi connectivity index (χ1v) is 11.1. The van der Waals surface area contributed by atoms with E-state index in [1.54, 1.807) is 19.0 Å². The van der Waals surface area contributed by atoms with Crippen molar-refractivity contribution in [1.82, 2.24) is 18.5 Å². The summed E-state index contributed by atoms with van der Waals surface area (Å²) in [5.41, 5.74) is 2.15. The van der Waals surface area contributed by atoms with Crippen molar-refractivity contribution in [2.45, 2.75) is 26.2 Å². The summed E-state index contributed by atoms with van der Waals surface area (Å²) in [6.45, 7) is 5.46. The number of rotatable bonds is 6. The van der Waals surface area contributed by atoms with E-state index in [1.807, 2.05) is 44.2 Å². The van der Waals surface area contributed by atoms with Crippen molar-refractivity contribution < 1.29 is 13.2 Å². The molecule has 0 saturated carbocycles. The number of hydrogen-bond acceptors (Lipinski definition) is 4. The predicted molar refractivity (Wildman–Crippen MR) is 111 cm³/mol. The highest BCUT2D eigenvalue weighted by Gasteiger charge is 2.36. The zero-order valence-electron chi connectivity index (χ0n) is 16.9. The first-order valence-electron chi connectivity index (χ1n) is 9.66. The van der Waals surface area contributed by atoms with Crippen molar-refractivity contribution in [3.8, 4) is 0 Å². The van der Waals surface area contributed by atoms with E-state index in [0.29, 0.717) is 38.2 Å². The molecule has 1 amide bonds. The fourth-order valence-electron chi connectivity index (χ4n) is 3.72. The van der Waals surface area contributed by atoms with Gasteiger partial charge in [0.15, 0.2) is 0 Å². The Morgan fingerprint density at radius 2 is 1.89 bits per heavy atom. The standard InChI is InChI=1S/C20H28N4O3S/c1-5-23(6-2)28(26,27)24-12-11-15(14-24)19-13-17(20(25)22(3)4)16-9-7-8-10-18(16)21-19/h7-10,13,15H,5-6,11-12,14H2,1-4H3/t15-/m1/s1. The van der Waals surface area contributed by atoms with Gasteiger partial charge in [-0.15, -0.1) is 0 Å². The zero-order valence-corrected chi connectivity index (χ0v) is 17.7. The van der Waals surface area contributed by atoms with Crippen LogP contribution in [-0.4, -0.2) is 73.1 Å². The van der Waals surface area contributed by atoms with Crippen LogP contribution in [0.25, 0.3) is 10.9 Å². The lowest BCUT2D eigenvalue weighted by atomic mass is 9.99. The van der Waals surface area contributed by atoms with Crippen LogP contribution in [0.1, 0.15) is 42.2 Å². The second-order valence-corrected chi connectivity index (χ2v) is 9.18. The summed E-state index contributed by atoms with van der Waals surface area (Å²) >= 11 is 0. The van der Waals surface area contributed by atoms with Gasteiger partial charge in [0.25, 0.3) is 16.1 Å². The summed E-state index contributed by atoms with van der Waals surface area (Å²) in [5, 5.41) is 0.815. The van der Waals surface area contributed by atoms with Gasteiger partial charge in [0.05, 0.1) is 11.1 Å². The average Bonchev–Trinajstić information content (AvgIpc) is 3.18. The molecule has 3 rings (SSSR count). The smallest absolute Gasteiger partial charge is 0.281 e. The minimum Gasteiger partial charge on any atom is -0.345 e. The average molecular weight is 405 g/mol. The topological polar surface area (TPSA) is 73.8 Å². The molecular formula is C20H28N4O3S. The molecule has 2 aromatic rings. The summed E-state index contributed by atoms with van der Waals surface area (Å²) in [7, 11) is -0.00581. The molecule has 1 atom stereocenters. The van der Waals surface area contributed by atoms with Gasteiger partial charge in [-0.05, 0) is 18.6 Å². The molecule has 1 aliphatic heterocycles. The molecule has 0 unspecified atom stereocenters. The van der Waals surface area contributed by atoms with Crippen molar-refractivity contribution in [2.24, 2.45) is 0 Å². The van der Waals surface area contributed by atoms with E-state index in [2.05, 4.69) is 0 Å². The molecule has 0 aliphatic carbocycles. The third-order valence-electron chi connectivity index (χ3n) is 5.30. The molecule has 0 bridgehead atoms. The van der Waals surface area contributed by atoms with E-state index < -0.39 is 10.2 Å². The van der Waals surface area contributed by atoms with Gasteiger partial charge in [-0.3, -0.25) is 9.78 Å². The van der Waals surface area contributed by atoms with Gasteiger partial charge in [0, 0.05) is 57.3 Å². The fraction of sp³-hybridized carbons (Fsp3) is 0.500. The number of fused-ring (bicyclic) bond motifs is 1. The van der Waals surface area contributed by atoms with Crippen LogP contribution in [0.4, 0.5) is 0 Å². The Labute approximate surface area is 167 Å². The quantitative estimate of drug-likeness (QED) is 0.741. The summed E-state index contributed by atoms with van der Waals surface area (Å²) in [6, 6.07) is 9.42. The maximum atomic E-state index is 12.8. The van der Waals surface area contributed by atoms with Crippen molar-refractivity contribution in [3.63, 3.8) is 0 Å². The van der Waals surface area contributed by atoms with Crippen molar-refractivity contribution in [2.75, 3.05) is 40.3 Å². The number of amides is 1. The Balaban J connectivity index is 1.96. The van der Waals surface area contributed by atoms with Gasteiger partial charge < -0.3 is 4.90 Å². The maximum Gasteiger partial charge on any atom is 0.281 e. The second kappa shape index (κ2) is 8.14. The Bertz CT molecular complexity index is 971. The second-order valence-electron chi connectivity index (χ2n) is 7.25. The number of carbonyl (C=O) groups excluding carboxylic acids is 1. The molecule has 1 saturated heterocycles. The Hall–Kier alpha value is -2.03. The van der Waals surface area contributed by atoms with E-state index in [9.17, 15) is 13.2 Å². The highest BCUT2D eigenvalue weighted by atomic mass is 32.2. The normalized spacial score (nSPS) is 18.1. The van der Waals surface area contributed by atoms with Crippen molar-refractivity contribution in [1.29, 1.82) is 0 Å². The van der Waals surface area contributed by atoms with Crippen LogP contribution in [-0.2, 0) is 10.2 Å². The number of benzene rings is 1. The van der Waals surface area contributed by atoms with Crippen LogP contribution in [0.5, 0.6) is 0 Å². The molecular weight excluding hydrogens is 376 g/mol. The lowest BCUT2D eigenvalue weighted by molar-refractivity contribution is 0.0829. The van der Waals surface area contributed by atoms with E-state index in [1.165, 1.54) is 8.61 Å². The van der Waals surface area contributed by atoms with Crippen LogP contribution < -0.4 is 0 Å². The fourth-order valence-corrected chi connectivity index (χ4v) is 5.40. The minimum atomic E-state index is -3.46. The van der Waals surface area contributed by atoms with Gasteiger partial charge in [-0.1, -0.05) is 32.0 Å². The SMILES string of the molecule is CCN(CC)S(=O)(=O)N1CC[C@@H](c2cc(C(=O)N(C)C)c3ccccc3n2)C1. The van der Waals surface area contributed by atoms with Gasteiger partial charge in [0.2, 0.25) is 0 Å². The number of nitrogens with zero attached hydrogens (tertiary/aromatic N) is 4. The van der Waals surface area contributed by atoms with Crippen LogP contribution in [0.15, 0.2) is 30.3 Å². The Kier molecular flexibility index (Phi) is 6.02. The molecule has 1 fully saturated rings. The lowest BCUT2D eigenvalue weighted by Gasteiger charge is -2.25. The number of aromatic nitrogens is 1. The molecule has 0 N–H and O–H groups in total. The number of hydrogen-bond donors (Lipinski definition) is 0. The van der Waals surface area contributed by atoms with Crippen LogP contribution >= 0.6 is 0 Å². The van der Waals surface area contributed by atoms with E-state index >= 15 is 0 Å². The molecule has 8 heteroatoms. The largest absolute Gasteiger partial charge is 0.345 e. The molecule has 0 radical (unpaired) electrons. The number of pyridine rings is 1. The zero-order chi connectivity index (χ0) is 20.5. The Morgan fingerprint density at radius 1 is 1.21 bits per heavy atom. The first kappa shape index (κ1) is 20.7. The van der Waals surface area contributed by atoms with E-state index in [0.717, 1.165) is 16.6 Å². The Morgan fingerprint density at radius 3 is 2.54 bits per heavy atom. The first-order chi connectivity index (χ1) is 13.3. The minimum absolute atomic E-state index is 0.0244. The third kappa shape index (κ3) is 3.76. The molecule has 28 heavy (non-hydrogen) atoms. The van der Waals surface area contributed by atoms with E-state index in [-0.39, 0.29) is 11.8 Å². The molecule has 152 valence electrons. The van der Waals surface area contributed by atoms with Gasteiger partial charge in [0.1, 0.15) is 0 Å². The maximum absolute atomic E-state index is 12.8. The third-order valence-corrected chi connectivity index (χ3v) is 7.45. The van der Waals surface area contributed by atoms with Crippen molar-refractivity contribution >= 4 is 27.0 Å². The summed E-state index contributed by atoms with van der Waals surface area (Å²) in [4.78, 5) is 19.0. The summed E-state index contributed by atoms with van der Waals surface area (Å²) in [5.74, 6) is -0.103.